The fourth-order valence-corrected chi connectivity index (χ4v) is 2.88. The van der Waals surface area contributed by atoms with E-state index in [-0.39, 0.29) is 12.2 Å². The lowest BCUT2D eigenvalue weighted by Crippen LogP contribution is -2.13. The summed E-state index contributed by atoms with van der Waals surface area (Å²) in [6.07, 6.45) is 1.53. The number of carbonyl (C=O) groups is 2. The van der Waals surface area contributed by atoms with Crippen molar-refractivity contribution in [3.8, 4) is 11.8 Å². The topological polar surface area (TPSA) is 88.4 Å². The van der Waals surface area contributed by atoms with Crippen molar-refractivity contribution in [3.05, 3.63) is 77.4 Å². The predicted octanol–water partition coefficient (Wildman–Crippen LogP) is 4.57. The number of hydrogen-bond acceptors (Lipinski definition) is 5. The Morgan fingerprint density at radius 1 is 1.03 bits per heavy atom. The first-order valence-electron chi connectivity index (χ1n) is 9.32. The minimum Gasteiger partial charge on any atom is -0.497 e. The van der Waals surface area contributed by atoms with Crippen LogP contribution in [0.1, 0.15) is 22.8 Å². The van der Waals surface area contributed by atoms with E-state index in [1.165, 1.54) is 6.08 Å². The van der Waals surface area contributed by atoms with E-state index >= 15 is 0 Å². The number of hydrogen-bond donors (Lipinski definition) is 1. The molecule has 6 heteroatoms. The first-order valence-corrected chi connectivity index (χ1v) is 9.32. The van der Waals surface area contributed by atoms with Gasteiger partial charge in [-0.1, -0.05) is 18.2 Å². The number of rotatable bonds is 6. The monoisotopic (exact) mass is 400 g/mol. The molecule has 0 unspecified atom stereocenters. The molecule has 150 valence electrons. The summed E-state index contributed by atoms with van der Waals surface area (Å²) in [7, 11) is 1.61. The summed E-state index contributed by atoms with van der Waals surface area (Å²) < 4.78 is 10.2. The second-order valence-electron chi connectivity index (χ2n) is 6.39. The highest BCUT2D eigenvalue weighted by atomic mass is 16.5. The van der Waals surface area contributed by atoms with Gasteiger partial charge in [0.1, 0.15) is 17.4 Å². The molecule has 0 atom stereocenters. The number of fused-ring (bicyclic) bond motifs is 1. The molecule has 0 aliphatic carbocycles. The minimum atomic E-state index is -0.531. The van der Waals surface area contributed by atoms with Crippen LogP contribution in [0.15, 0.2) is 66.2 Å². The molecule has 1 N–H and O–H groups in total. The molecular weight excluding hydrogens is 380 g/mol. The van der Waals surface area contributed by atoms with Gasteiger partial charge >= 0.3 is 5.97 Å². The number of nitrogens with one attached hydrogen (secondary N) is 1. The van der Waals surface area contributed by atoms with Crippen molar-refractivity contribution in [1.82, 2.24) is 0 Å². The highest BCUT2D eigenvalue weighted by Crippen LogP contribution is 2.23. The second-order valence-corrected chi connectivity index (χ2v) is 6.39. The van der Waals surface area contributed by atoms with Gasteiger partial charge < -0.3 is 14.8 Å². The molecule has 0 aromatic heterocycles. The van der Waals surface area contributed by atoms with Gasteiger partial charge in [0.15, 0.2) is 0 Å². The first kappa shape index (κ1) is 20.6. The fourth-order valence-electron chi connectivity index (χ4n) is 2.88. The number of anilines is 1. The third-order valence-corrected chi connectivity index (χ3v) is 4.40. The van der Waals surface area contributed by atoms with Gasteiger partial charge in [0.05, 0.1) is 19.3 Å². The van der Waals surface area contributed by atoms with Gasteiger partial charge in [-0.15, -0.1) is 0 Å². The lowest BCUT2D eigenvalue weighted by molar-refractivity contribution is -0.112. The molecule has 0 fully saturated rings. The first-order chi connectivity index (χ1) is 14.5. The molecular formula is C24H20N2O4. The number of ether oxygens (including phenoxy) is 2. The molecule has 0 heterocycles. The second kappa shape index (κ2) is 9.39. The van der Waals surface area contributed by atoms with Crippen molar-refractivity contribution in [3.63, 3.8) is 0 Å². The average molecular weight is 400 g/mol. The Kier molecular flexibility index (Phi) is 6.46. The van der Waals surface area contributed by atoms with Crippen LogP contribution in [0.4, 0.5) is 5.69 Å². The van der Waals surface area contributed by atoms with Gasteiger partial charge in [-0.05, 0) is 71.8 Å². The van der Waals surface area contributed by atoms with E-state index in [4.69, 9.17) is 9.47 Å². The van der Waals surface area contributed by atoms with Crippen LogP contribution in [0.2, 0.25) is 0 Å². The Balaban J connectivity index is 1.77. The Hall–Kier alpha value is -4.11. The van der Waals surface area contributed by atoms with Crippen molar-refractivity contribution >= 4 is 34.4 Å². The van der Waals surface area contributed by atoms with E-state index in [9.17, 15) is 14.9 Å². The number of esters is 1. The Bertz CT molecular complexity index is 1160. The molecule has 0 saturated heterocycles. The molecule has 0 spiro atoms. The van der Waals surface area contributed by atoms with Crippen LogP contribution < -0.4 is 10.1 Å². The van der Waals surface area contributed by atoms with E-state index in [1.807, 2.05) is 42.5 Å². The summed E-state index contributed by atoms with van der Waals surface area (Å²) in [6.45, 7) is 2.02. The van der Waals surface area contributed by atoms with E-state index in [0.29, 0.717) is 11.3 Å². The van der Waals surface area contributed by atoms with Crippen LogP contribution >= 0.6 is 0 Å². The Labute approximate surface area is 174 Å². The third kappa shape index (κ3) is 4.83. The zero-order chi connectivity index (χ0) is 21.5. The van der Waals surface area contributed by atoms with Crippen molar-refractivity contribution < 1.29 is 19.1 Å². The highest BCUT2D eigenvalue weighted by Gasteiger charge is 2.11. The number of nitriles is 1. The normalized spacial score (nSPS) is 10.9. The van der Waals surface area contributed by atoms with Crippen LogP contribution in [0, 0.1) is 11.3 Å². The molecule has 30 heavy (non-hydrogen) atoms. The van der Waals surface area contributed by atoms with Crippen LogP contribution in [-0.2, 0) is 9.53 Å². The number of amides is 1. The van der Waals surface area contributed by atoms with Crippen molar-refractivity contribution in [2.24, 2.45) is 0 Å². The zero-order valence-electron chi connectivity index (χ0n) is 16.6. The zero-order valence-corrected chi connectivity index (χ0v) is 16.6. The number of nitrogens with zero attached hydrogens (tertiary/aromatic N) is 1. The molecule has 6 nitrogen and oxygen atoms in total. The summed E-state index contributed by atoms with van der Waals surface area (Å²) in [5, 5.41) is 14.1. The molecule has 0 aliphatic rings. The van der Waals surface area contributed by atoms with Gasteiger partial charge in [-0.2, -0.15) is 5.26 Å². The summed E-state index contributed by atoms with van der Waals surface area (Å²) in [4.78, 5) is 24.2. The van der Waals surface area contributed by atoms with Gasteiger partial charge in [-0.3, -0.25) is 4.79 Å². The summed E-state index contributed by atoms with van der Waals surface area (Å²) in [5.74, 6) is -0.199. The lowest BCUT2D eigenvalue weighted by atomic mass is 10.0. The summed E-state index contributed by atoms with van der Waals surface area (Å²) in [6, 6.07) is 19.6. The van der Waals surface area contributed by atoms with Crippen molar-refractivity contribution in [2.75, 3.05) is 19.0 Å². The molecule has 1 amide bonds. The lowest BCUT2D eigenvalue weighted by Gasteiger charge is -2.07. The maximum Gasteiger partial charge on any atom is 0.338 e. The number of carbonyl (C=O) groups excluding carboxylic acids is 2. The van der Waals surface area contributed by atoms with E-state index in [1.54, 1.807) is 38.3 Å². The SMILES string of the molecule is CCOC(=O)c1ccc(NC(=O)/C(C#N)=C/c2ccc3cc(OC)ccc3c2)cc1. The van der Waals surface area contributed by atoms with Gasteiger partial charge in [0, 0.05) is 5.69 Å². The third-order valence-electron chi connectivity index (χ3n) is 4.40. The summed E-state index contributed by atoms with van der Waals surface area (Å²) in [5.41, 5.74) is 1.56. The molecule has 0 radical (unpaired) electrons. The van der Waals surface area contributed by atoms with Crippen LogP contribution in [0.3, 0.4) is 0 Å². The largest absolute Gasteiger partial charge is 0.497 e. The van der Waals surface area contributed by atoms with E-state index in [2.05, 4.69) is 5.32 Å². The van der Waals surface area contributed by atoms with Crippen LogP contribution in [0.25, 0.3) is 16.8 Å². The minimum absolute atomic E-state index is 0.0302. The van der Waals surface area contributed by atoms with Gasteiger partial charge in [0.25, 0.3) is 5.91 Å². The number of methoxy groups -OCH3 is 1. The van der Waals surface area contributed by atoms with Crippen molar-refractivity contribution in [1.29, 1.82) is 5.26 Å². The van der Waals surface area contributed by atoms with E-state index < -0.39 is 11.9 Å². The molecule has 3 aromatic carbocycles. The van der Waals surface area contributed by atoms with E-state index in [0.717, 1.165) is 22.1 Å². The highest BCUT2D eigenvalue weighted by molar-refractivity contribution is 6.10. The standard InChI is InChI=1S/C24H20N2O4/c1-3-30-24(28)17-6-9-21(10-7-17)26-23(27)20(15-25)13-16-4-5-19-14-22(29-2)11-8-18(19)12-16/h4-14H,3H2,1-2H3,(H,26,27)/b20-13+. The maximum absolute atomic E-state index is 12.5. The predicted molar refractivity (Wildman–Crippen MR) is 115 cm³/mol. The van der Waals surface area contributed by atoms with Crippen LogP contribution in [-0.4, -0.2) is 25.6 Å². The van der Waals surface area contributed by atoms with Crippen LogP contribution in [0.5, 0.6) is 5.75 Å². The van der Waals surface area contributed by atoms with Crippen molar-refractivity contribution in [2.45, 2.75) is 6.92 Å². The molecule has 3 rings (SSSR count). The number of benzene rings is 3. The molecule has 3 aromatic rings. The van der Waals surface area contributed by atoms with Gasteiger partial charge in [0.2, 0.25) is 0 Å². The Morgan fingerprint density at radius 2 is 1.73 bits per heavy atom. The quantitative estimate of drug-likeness (QED) is 0.372. The fraction of sp³-hybridized carbons (Fsp3) is 0.125. The molecule has 0 aliphatic heterocycles. The smallest absolute Gasteiger partial charge is 0.338 e. The summed E-state index contributed by atoms with van der Waals surface area (Å²) >= 11 is 0. The maximum atomic E-state index is 12.5. The molecule has 0 saturated carbocycles. The Morgan fingerprint density at radius 3 is 2.40 bits per heavy atom. The molecule has 0 bridgehead atoms. The average Bonchev–Trinajstić information content (AvgIpc) is 2.77. The van der Waals surface area contributed by atoms with Gasteiger partial charge in [-0.25, -0.2) is 4.79 Å².